The molecule has 2 aromatic carbocycles. The summed E-state index contributed by atoms with van der Waals surface area (Å²) in [6.07, 6.45) is 2.70. The lowest BCUT2D eigenvalue weighted by Crippen LogP contribution is -2.65. The first-order valence-electron chi connectivity index (χ1n) is 12.9. The molecular formula is C31H32FN3O3. The van der Waals surface area contributed by atoms with Crippen LogP contribution in [0, 0.1) is 0 Å². The number of benzene rings is 2. The lowest BCUT2D eigenvalue weighted by molar-refractivity contribution is 0.0631. The highest BCUT2D eigenvalue weighted by Crippen LogP contribution is 2.49. The number of alkyl halides is 1. The highest BCUT2D eigenvalue weighted by Gasteiger charge is 2.54. The molecule has 2 aliphatic rings. The summed E-state index contributed by atoms with van der Waals surface area (Å²) in [6, 6.07) is 18.7. The van der Waals surface area contributed by atoms with Gasteiger partial charge in [0, 0.05) is 18.8 Å². The predicted octanol–water partition coefficient (Wildman–Crippen LogP) is 5.11. The zero-order valence-electron chi connectivity index (χ0n) is 22.0. The van der Waals surface area contributed by atoms with Gasteiger partial charge in [-0.2, -0.15) is 0 Å². The summed E-state index contributed by atoms with van der Waals surface area (Å²) in [5.74, 6) is -0.370. The van der Waals surface area contributed by atoms with E-state index in [2.05, 4.69) is 6.58 Å². The summed E-state index contributed by atoms with van der Waals surface area (Å²) in [7, 11) is 0. The number of fused-ring (bicyclic) bond motifs is 2. The van der Waals surface area contributed by atoms with E-state index in [1.165, 1.54) is 6.07 Å². The van der Waals surface area contributed by atoms with Gasteiger partial charge in [-0.1, -0.05) is 72.8 Å². The van der Waals surface area contributed by atoms with E-state index >= 15 is 4.39 Å². The summed E-state index contributed by atoms with van der Waals surface area (Å²) >= 11 is 0. The van der Waals surface area contributed by atoms with Crippen LogP contribution in [0.3, 0.4) is 0 Å². The topological polar surface area (TPSA) is 54.8 Å². The predicted molar refractivity (Wildman–Crippen MR) is 147 cm³/mol. The third-order valence-corrected chi connectivity index (χ3v) is 7.40. The number of hydrogen-bond donors (Lipinski definition) is 0. The van der Waals surface area contributed by atoms with Crippen molar-refractivity contribution in [3.05, 3.63) is 123 Å². The minimum atomic E-state index is -1.36. The summed E-state index contributed by atoms with van der Waals surface area (Å²) < 4.78 is 23.9. The zero-order valence-corrected chi connectivity index (χ0v) is 22.0. The number of rotatable bonds is 7. The first-order chi connectivity index (χ1) is 18.3. The van der Waals surface area contributed by atoms with Crippen molar-refractivity contribution in [3.63, 3.8) is 0 Å². The van der Waals surface area contributed by atoms with Crippen molar-refractivity contribution in [1.29, 1.82) is 0 Å². The number of amides is 1. The van der Waals surface area contributed by atoms with Gasteiger partial charge >= 0.3 is 0 Å². The third-order valence-electron chi connectivity index (χ3n) is 7.40. The number of halogens is 1. The number of aromatic nitrogens is 1. The van der Waals surface area contributed by atoms with Crippen molar-refractivity contribution < 1.29 is 13.9 Å². The van der Waals surface area contributed by atoms with Crippen LogP contribution in [0.2, 0.25) is 0 Å². The smallest absolute Gasteiger partial charge is 0.277 e. The molecule has 1 aromatic heterocycles. The molecule has 6 nitrogen and oxygen atoms in total. The third kappa shape index (κ3) is 4.02. The molecule has 0 saturated carbocycles. The SMILES string of the molecule is C=C(C)/C=C1/Cc2ccccc2C1(C(C)F)N1CN(CC)C(=O)c2c(OCc3ccccc3)c(=O)ccn21. The van der Waals surface area contributed by atoms with E-state index < -0.39 is 17.1 Å². The summed E-state index contributed by atoms with van der Waals surface area (Å²) in [5, 5.41) is 1.87. The molecule has 0 fully saturated rings. The van der Waals surface area contributed by atoms with E-state index in [4.69, 9.17) is 4.74 Å². The van der Waals surface area contributed by atoms with Gasteiger partial charge in [-0.05, 0) is 49.5 Å². The number of carbonyl (C=O) groups is 1. The second kappa shape index (κ2) is 9.97. The van der Waals surface area contributed by atoms with Crippen LogP contribution >= 0.6 is 0 Å². The van der Waals surface area contributed by atoms with Crippen LogP contribution in [0.4, 0.5) is 4.39 Å². The minimum Gasteiger partial charge on any atom is -0.482 e. The Kier molecular flexibility index (Phi) is 6.69. The number of hydrogen-bond acceptors (Lipinski definition) is 4. The molecule has 38 heavy (non-hydrogen) atoms. The van der Waals surface area contributed by atoms with E-state index in [9.17, 15) is 9.59 Å². The molecule has 1 aliphatic carbocycles. The Morgan fingerprint density at radius 3 is 2.53 bits per heavy atom. The molecule has 2 unspecified atom stereocenters. The average Bonchev–Trinajstić information content (AvgIpc) is 3.22. The van der Waals surface area contributed by atoms with E-state index in [-0.39, 0.29) is 30.6 Å². The standard InChI is InChI=1S/C31H32FN3O3/c1-5-33-20-35(31(22(4)32)25(17-21(2)3)18-24-13-9-10-14-26(24)31)34-16-15-27(36)29(28(34)30(33)37)38-19-23-11-7-6-8-12-23/h6-17,22H,2,5,18-20H2,1,3-4H3/b25-17-. The number of nitrogens with zero attached hydrogens (tertiary/aromatic N) is 3. The maximum Gasteiger partial charge on any atom is 0.277 e. The normalized spacial score (nSPS) is 20.3. The highest BCUT2D eigenvalue weighted by molar-refractivity contribution is 5.96. The van der Waals surface area contributed by atoms with E-state index in [0.717, 1.165) is 27.8 Å². The fourth-order valence-electron chi connectivity index (χ4n) is 5.74. The molecule has 0 saturated heterocycles. The van der Waals surface area contributed by atoms with Crippen molar-refractivity contribution in [2.24, 2.45) is 0 Å². The first kappa shape index (κ1) is 25.5. The van der Waals surface area contributed by atoms with Crippen molar-refractivity contribution in [2.45, 2.75) is 45.5 Å². The molecule has 196 valence electrons. The Hall–Kier alpha value is -4.13. The minimum absolute atomic E-state index is 0.0390. The van der Waals surface area contributed by atoms with Gasteiger partial charge in [-0.3, -0.25) is 19.3 Å². The second-order valence-electron chi connectivity index (χ2n) is 9.91. The average molecular weight is 514 g/mol. The molecule has 0 N–H and O–H groups in total. The molecule has 0 spiro atoms. The molecular weight excluding hydrogens is 481 g/mol. The molecule has 2 atom stereocenters. The lowest BCUT2D eigenvalue weighted by Gasteiger charge is -2.51. The molecule has 0 radical (unpaired) electrons. The Morgan fingerprint density at radius 2 is 1.84 bits per heavy atom. The quantitative estimate of drug-likeness (QED) is 0.441. The van der Waals surface area contributed by atoms with Crippen LogP contribution in [-0.2, 0) is 18.6 Å². The van der Waals surface area contributed by atoms with Gasteiger partial charge in [0.25, 0.3) is 5.91 Å². The maximum atomic E-state index is 16.3. The Bertz CT molecular complexity index is 1480. The van der Waals surface area contributed by atoms with Crippen molar-refractivity contribution in [2.75, 3.05) is 18.2 Å². The number of ether oxygens (including phenoxy) is 1. The van der Waals surface area contributed by atoms with Gasteiger partial charge in [0.1, 0.15) is 25.0 Å². The summed E-state index contributed by atoms with van der Waals surface area (Å²) in [6.45, 7) is 10.0. The van der Waals surface area contributed by atoms with Crippen LogP contribution in [-0.4, -0.2) is 34.9 Å². The largest absolute Gasteiger partial charge is 0.482 e. The van der Waals surface area contributed by atoms with Crippen LogP contribution in [0.25, 0.3) is 0 Å². The van der Waals surface area contributed by atoms with Crippen LogP contribution in [0.15, 0.2) is 95.5 Å². The van der Waals surface area contributed by atoms with E-state index in [0.29, 0.717) is 13.0 Å². The molecule has 1 aliphatic heterocycles. The number of carbonyl (C=O) groups excluding carboxylic acids is 1. The van der Waals surface area contributed by atoms with Crippen LogP contribution in [0.5, 0.6) is 5.75 Å². The molecule has 7 heteroatoms. The van der Waals surface area contributed by atoms with Gasteiger partial charge in [0.15, 0.2) is 11.4 Å². The summed E-state index contributed by atoms with van der Waals surface area (Å²) in [4.78, 5) is 28.4. The molecule has 2 heterocycles. The molecule has 3 aromatic rings. The fourth-order valence-corrected chi connectivity index (χ4v) is 5.74. The maximum absolute atomic E-state index is 16.3. The number of allylic oxidation sites excluding steroid dienone is 2. The van der Waals surface area contributed by atoms with E-state index in [1.807, 2.05) is 79.5 Å². The van der Waals surface area contributed by atoms with Gasteiger partial charge in [0.2, 0.25) is 5.43 Å². The fraction of sp³-hybridized carbons (Fsp3) is 0.290. The van der Waals surface area contributed by atoms with Crippen molar-refractivity contribution in [3.8, 4) is 5.75 Å². The zero-order chi connectivity index (χ0) is 27.0. The van der Waals surface area contributed by atoms with Gasteiger partial charge in [-0.25, -0.2) is 4.39 Å². The van der Waals surface area contributed by atoms with Gasteiger partial charge in [-0.15, -0.1) is 0 Å². The van der Waals surface area contributed by atoms with Gasteiger partial charge < -0.3 is 9.64 Å². The van der Waals surface area contributed by atoms with Gasteiger partial charge in [0.05, 0.1) is 0 Å². The Balaban J connectivity index is 1.74. The Labute approximate surface area is 222 Å². The molecule has 5 rings (SSSR count). The van der Waals surface area contributed by atoms with E-state index in [1.54, 1.807) is 22.7 Å². The second-order valence-corrected chi connectivity index (χ2v) is 9.91. The monoisotopic (exact) mass is 513 g/mol. The van der Waals surface area contributed by atoms with Crippen LogP contribution in [0.1, 0.15) is 48.0 Å². The highest BCUT2D eigenvalue weighted by atomic mass is 19.1. The molecule has 1 amide bonds. The number of pyridine rings is 1. The first-order valence-corrected chi connectivity index (χ1v) is 12.9. The lowest BCUT2D eigenvalue weighted by atomic mass is 9.82. The van der Waals surface area contributed by atoms with Crippen molar-refractivity contribution >= 4 is 5.91 Å². The van der Waals surface area contributed by atoms with Crippen molar-refractivity contribution in [1.82, 2.24) is 9.58 Å². The molecule has 0 bridgehead atoms. The Morgan fingerprint density at radius 1 is 1.13 bits per heavy atom. The summed E-state index contributed by atoms with van der Waals surface area (Å²) in [5.41, 5.74) is 2.87. The van der Waals surface area contributed by atoms with Crippen LogP contribution < -0.4 is 15.2 Å².